The highest BCUT2D eigenvalue weighted by molar-refractivity contribution is 7.89. The molecule has 3 rings (SSSR count). The van der Waals surface area contributed by atoms with Crippen molar-refractivity contribution in [2.24, 2.45) is 0 Å². The van der Waals surface area contributed by atoms with Crippen molar-refractivity contribution in [3.8, 4) is 5.75 Å². The lowest BCUT2D eigenvalue weighted by atomic mass is 10.2. The fraction of sp³-hybridized carbons (Fsp3) is 0.167. The number of ketones is 1. The summed E-state index contributed by atoms with van der Waals surface area (Å²) in [6, 6.07) is 13.6. The van der Waals surface area contributed by atoms with Crippen LogP contribution in [-0.4, -0.2) is 21.3 Å². The van der Waals surface area contributed by atoms with Crippen LogP contribution in [0.25, 0.3) is 11.0 Å². The number of sulfonamides is 1. The molecule has 1 heterocycles. The van der Waals surface area contributed by atoms with Gasteiger partial charge < -0.3 is 9.15 Å². The Morgan fingerprint density at radius 2 is 1.88 bits per heavy atom. The van der Waals surface area contributed by atoms with Gasteiger partial charge in [0.2, 0.25) is 10.0 Å². The number of fused-ring (bicyclic) bond motifs is 1. The molecule has 25 heavy (non-hydrogen) atoms. The van der Waals surface area contributed by atoms with Gasteiger partial charge in [-0.25, -0.2) is 13.1 Å². The fourth-order valence-corrected chi connectivity index (χ4v) is 3.69. The average Bonchev–Trinajstić information content (AvgIpc) is 3.05. The Morgan fingerprint density at radius 3 is 2.52 bits per heavy atom. The van der Waals surface area contributed by atoms with Crippen LogP contribution in [0.15, 0.2) is 57.8 Å². The Bertz CT molecular complexity index is 1020. The lowest BCUT2D eigenvalue weighted by Gasteiger charge is -2.09. The van der Waals surface area contributed by atoms with Gasteiger partial charge in [0.25, 0.3) is 0 Å². The summed E-state index contributed by atoms with van der Waals surface area (Å²) in [6.45, 7) is 1.51. The highest BCUT2D eigenvalue weighted by Crippen LogP contribution is 2.33. The maximum Gasteiger partial charge on any atom is 0.241 e. The van der Waals surface area contributed by atoms with Crippen molar-refractivity contribution in [1.29, 1.82) is 0 Å². The summed E-state index contributed by atoms with van der Waals surface area (Å²) in [5.41, 5.74) is 1.07. The first kappa shape index (κ1) is 17.2. The number of carbonyl (C=O) groups is 1. The van der Waals surface area contributed by atoms with Crippen LogP contribution in [0.4, 0.5) is 0 Å². The van der Waals surface area contributed by atoms with Gasteiger partial charge in [0.1, 0.15) is 0 Å². The van der Waals surface area contributed by atoms with E-state index in [0.717, 1.165) is 5.56 Å². The van der Waals surface area contributed by atoms with Crippen LogP contribution in [0.3, 0.4) is 0 Å². The summed E-state index contributed by atoms with van der Waals surface area (Å²) in [5.74, 6) is 0.155. The van der Waals surface area contributed by atoms with Crippen molar-refractivity contribution in [3.05, 3.63) is 59.9 Å². The third kappa shape index (κ3) is 3.42. The number of carbonyl (C=O) groups excluding carboxylic acids is 1. The van der Waals surface area contributed by atoms with Crippen LogP contribution in [0.5, 0.6) is 5.75 Å². The minimum absolute atomic E-state index is 0.0375. The standard InChI is InChI=1S/C18H17NO5S/c1-12(20)16-10-14-17(9-8-15(23-2)18(14)24-16)25(21,22)19-11-13-6-4-3-5-7-13/h3-10,19H,11H2,1-2H3. The number of nitrogens with one attached hydrogen (secondary N) is 1. The third-order valence-electron chi connectivity index (χ3n) is 3.77. The van der Waals surface area contributed by atoms with Gasteiger partial charge in [0, 0.05) is 18.9 Å². The zero-order chi connectivity index (χ0) is 18.0. The second kappa shape index (κ2) is 6.70. The highest BCUT2D eigenvalue weighted by Gasteiger charge is 2.23. The summed E-state index contributed by atoms with van der Waals surface area (Å²) in [6.07, 6.45) is 0. The van der Waals surface area contributed by atoms with E-state index >= 15 is 0 Å². The molecule has 0 fully saturated rings. The Labute approximate surface area is 145 Å². The van der Waals surface area contributed by atoms with Crippen molar-refractivity contribution >= 4 is 26.8 Å². The molecule has 130 valence electrons. The smallest absolute Gasteiger partial charge is 0.241 e. The first-order valence-corrected chi connectivity index (χ1v) is 9.06. The zero-order valence-corrected chi connectivity index (χ0v) is 14.6. The average molecular weight is 359 g/mol. The minimum atomic E-state index is -3.80. The van der Waals surface area contributed by atoms with Crippen LogP contribution in [0.1, 0.15) is 23.0 Å². The number of hydrogen-bond donors (Lipinski definition) is 1. The van der Waals surface area contributed by atoms with Gasteiger partial charge in [-0.1, -0.05) is 30.3 Å². The second-order valence-electron chi connectivity index (χ2n) is 5.49. The van der Waals surface area contributed by atoms with E-state index in [4.69, 9.17) is 9.15 Å². The van der Waals surface area contributed by atoms with Crippen molar-refractivity contribution in [2.75, 3.05) is 7.11 Å². The Balaban J connectivity index is 2.03. The SMILES string of the molecule is COc1ccc(S(=O)(=O)NCc2ccccc2)c2cc(C(C)=O)oc12. The summed E-state index contributed by atoms with van der Waals surface area (Å²) in [4.78, 5) is 11.6. The molecule has 0 aliphatic carbocycles. The molecule has 3 aromatic rings. The quantitative estimate of drug-likeness (QED) is 0.684. The first-order chi connectivity index (χ1) is 11.9. The molecule has 7 heteroatoms. The monoisotopic (exact) mass is 359 g/mol. The summed E-state index contributed by atoms with van der Waals surface area (Å²) < 4.78 is 38.7. The number of hydrogen-bond acceptors (Lipinski definition) is 5. The minimum Gasteiger partial charge on any atom is -0.493 e. The normalized spacial score (nSPS) is 11.6. The lowest BCUT2D eigenvalue weighted by molar-refractivity contribution is 0.0989. The van der Waals surface area contributed by atoms with E-state index in [2.05, 4.69) is 4.72 Å². The maximum atomic E-state index is 12.7. The van der Waals surface area contributed by atoms with Gasteiger partial charge in [-0.05, 0) is 23.8 Å². The maximum absolute atomic E-state index is 12.7. The van der Waals surface area contributed by atoms with E-state index in [1.54, 1.807) is 0 Å². The number of ether oxygens (including phenoxy) is 1. The fourth-order valence-electron chi connectivity index (χ4n) is 2.49. The molecule has 0 saturated carbocycles. The molecule has 0 atom stereocenters. The molecular formula is C18H17NO5S. The van der Waals surface area contributed by atoms with Crippen molar-refractivity contribution < 1.29 is 22.4 Å². The number of rotatable bonds is 6. The Morgan fingerprint density at radius 1 is 1.16 bits per heavy atom. The van der Waals surface area contributed by atoms with Gasteiger partial charge in [-0.2, -0.15) is 0 Å². The Kier molecular flexibility index (Phi) is 4.61. The third-order valence-corrected chi connectivity index (χ3v) is 5.23. The summed E-state index contributed by atoms with van der Waals surface area (Å²) >= 11 is 0. The molecule has 0 aliphatic heterocycles. The van der Waals surface area contributed by atoms with Crippen LogP contribution < -0.4 is 9.46 Å². The van der Waals surface area contributed by atoms with Crippen molar-refractivity contribution in [3.63, 3.8) is 0 Å². The molecule has 0 saturated heterocycles. The predicted molar refractivity (Wildman–Crippen MR) is 93.2 cm³/mol. The van der Waals surface area contributed by atoms with Crippen molar-refractivity contribution in [2.45, 2.75) is 18.4 Å². The lowest BCUT2D eigenvalue weighted by Crippen LogP contribution is -2.23. The molecule has 6 nitrogen and oxygen atoms in total. The number of furan rings is 1. The molecule has 0 bridgehead atoms. The van der Waals surface area contributed by atoms with Crippen LogP contribution >= 0.6 is 0 Å². The molecule has 2 aromatic carbocycles. The zero-order valence-electron chi connectivity index (χ0n) is 13.8. The van der Waals surface area contributed by atoms with E-state index in [0.29, 0.717) is 11.1 Å². The van der Waals surface area contributed by atoms with E-state index in [1.165, 1.54) is 32.2 Å². The largest absolute Gasteiger partial charge is 0.493 e. The van der Waals surface area contributed by atoms with Crippen LogP contribution in [0, 0.1) is 0 Å². The van der Waals surface area contributed by atoms with Crippen LogP contribution in [0.2, 0.25) is 0 Å². The predicted octanol–water partition coefficient (Wildman–Crippen LogP) is 3.12. The molecule has 0 spiro atoms. The number of Topliss-reactive ketones (excluding diaryl/α,β-unsaturated/α-hetero) is 1. The summed E-state index contributed by atoms with van der Waals surface area (Å²) in [5, 5.41) is 0.310. The molecule has 0 aliphatic rings. The van der Waals surface area contributed by atoms with E-state index in [9.17, 15) is 13.2 Å². The first-order valence-electron chi connectivity index (χ1n) is 7.57. The molecule has 0 radical (unpaired) electrons. The number of benzene rings is 2. The van der Waals surface area contributed by atoms with E-state index < -0.39 is 10.0 Å². The molecule has 0 amide bonds. The van der Waals surface area contributed by atoms with Gasteiger partial charge in [0.05, 0.1) is 12.0 Å². The summed E-state index contributed by atoms with van der Waals surface area (Å²) in [7, 11) is -2.35. The Hall–Kier alpha value is -2.64. The van der Waals surface area contributed by atoms with Gasteiger partial charge >= 0.3 is 0 Å². The van der Waals surface area contributed by atoms with Gasteiger partial charge in [-0.15, -0.1) is 0 Å². The highest BCUT2D eigenvalue weighted by atomic mass is 32.2. The number of methoxy groups -OCH3 is 1. The topological polar surface area (TPSA) is 85.6 Å². The molecule has 1 aromatic heterocycles. The second-order valence-corrected chi connectivity index (χ2v) is 7.22. The van der Waals surface area contributed by atoms with E-state index in [1.807, 2.05) is 30.3 Å². The van der Waals surface area contributed by atoms with Crippen molar-refractivity contribution in [1.82, 2.24) is 4.72 Å². The molecule has 0 unspecified atom stereocenters. The van der Waals surface area contributed by atoms with Gasteiger partial charge in [0.15, 0.2) is 22.9 Å². The van der Waals surface area contributed by atoms with E-state index in [-0.39, 0.29) is 28.6 Å². The molecular weight excluding hydrogens is 342 g/mol. The molecule has 1 N–H and O–H groups in total. The van der Waals surface area contributed by atoms with Gasteiger partial charge in [-0.3, -0.25) is 4.79 Å². The van der Waals surface area contributed by atoms with Crippen LogP contribution in [-0.2, 0) is 16.6 Å².